The standard InChI is InChI=1S/C13H23NO3/c1-2-3-8-17-12(16)13-7-5-4-6-10(13)14-11(15)9-13/h10-11,14-15H,2-9H2,1H3. The molecule has 1 aliphatic heterocycles. The van der Waals surface area contributed by atoms with E-state index < -0.39 is 11.6 Å². The number of hydrogen-bond acceptors (Lipinski definition) is 4. The number of esters is 1. The van der Waals surface area contributed by atoms with Crippen LogP contribution in [0.5, 0.6) is 0 Å². The molecule has 3 unspecified atom stereocenters. The van der Waals surface area contributed by atoms with Crippen molar-refractivity contribution in [2.24, 2.45) is 5.41 Å². The van der Waals surface area contributed by atoms with Crippen LogP contribution in [0.3, 0.4) is 0 Å². The van der Waals surface area contributed by atoms with Crippen molar-refractivity contribution >= 4 is 5.97 Å². The van der Waals surface area contributed by atoms with Gasteiger partial charge in [0.1, 0.15) is 6.23 Å². The first kappa shape index (κ1) is 12.8. The highest BCUT2D eigenvalue weighted by Crippen LogP contribution is 2.45. The summed E-state index contributed by atoms with van der Waals surface area (Å²) in [5.74, 6) is -0.0975. The van der Waals surface area contributed by atoms with Gasteiger partial charge in [-0.15, -0.1) is 0 Å². The van der Waals surface area contributed by atoms with Gasteiger partial charge < -0.3 is 9.84 Å². The minimum Gasteiger partial charge on any atom is -0.465 e. The van der Waals surface area contributed by atoms with Gasteiger partial charge in [-0.1, -0.05) is 26.2 Å². The molecule has 98 valence electrons. The van der Waals surface area contributed by atoms with Gasteiger partial charge in [0.2, 0.25) is 0 Å². The van der Waals surface area contributed by atoms with Crippen molar-refractivity contribution in [1.29, 1.82) is 0 Å². The van der Waals surface area contributed by atoms with E-state index >= 15 is 0 Å². The number of aliphatic hydroxyl groups is 1. The number of hydrogen-bond donors (Lipinski definition) is 2. The Balaban J connectivity index is 2.01. The molecule has 1 aliphatic carbocycles. The lowest BCUT2D eigenvalue weighted by Crippen LogP contribution is -2.46. The molecule has 2 rings (SSSR count). The summed E-state index contributed by atoms with van der Waals surface area (Å²) in [4.78, 5) is 12.2. The van der Waals surface area contributed by atoms with E-state index in [1.807, 2.05) is 0 Å². The van der Waals surface area contributed by atoms with E-state index in [0.29, 0.717) is 13.0 Å². The fourth-order valence-corrected chi connectivity index (χ4v) is 3.14. The van der Waals surface area contributed by atoms with Crippen LogP contribution in [0.1, 0.15) is 51.9 Å². The number of ether oxygens (including phenoxy) is 1. The van der Waals surface area contributed by atoms with Crippen molar-refractivity contribution in [3.63, 3.8) is 0 Å². The van der Waals surface area contributed by atoms with E-state index in [9.17, 15) is 9.90 Å². The molecule has 0 spiro atoms. The molecule has 2 N–H and O–H groups in total. The summed E-state index contributed by atoms with van der Waals surface area (Å²) >= 11 is 0. The third-order valence-corrected chi connectivity index (χ3v) is 4.12. The van der Waals surface area contributed by atoms with Crippen LogP contribution in [-0.2, 0) is 9.53 Å². The molecule has 2 aliphatic rings. The Labute approximate surface area is 103 Å². The van der Waals surface area contributed by atoms with Crippen molar-refractivity contribution in [1.82, 2.24) is 5.32 Å². The van der Waals surface area contributed by atoms with Crippen molar-refractivity contribution in [2.75, 3.05) is 6.61 Å². The fourth-order valence-electron chi connectivity index (χ4n) is 3.14. The van der Waals surface area contributed by atoms with E-state index in [1.54, 1.807) is 0 Å². The summed E-state index contributed by atoms with van der Waals surface area (Å²) in [7, 11) is 0. The van der Waals surface area contributed by atoms with Crippen molar-refractivity contribution in [2.45, 2.75) is 64.1 Å². The predicted molar refractivity (Wildman–Crippen MR) is 64.3 cm³/mol. The molecule has 17 heavy (non-hydrogen) atoms. The van der Waals surface area contributed by atoms with Crippen LogP contribution in [-0.4, -0.2) is 30.0 Å². The second-order valence-electron chi connectivity index (χ2n) is 5.33. The Bertz CT molecular complexity index is 282. The molecule has 0 amide bonds. The first-order valence-corrected chi connectivity index (χ1v) is 6.80. The zero-order valence-electron chi connectivity index (χ0n) is 10.6. The van der Waals surface area contributed by atoms with Gasteiger partial charge in [-0.05, 0) is 19.3 Å². The Morgan fingerprint density at radius 2 is 2.35 bits per heavy atom. The second-order valence-corrected chi connectivity index (χ2v) is 5.33. The smallest absolute Gasteiger partial charge is 0.313 e. The molecule has 1 saturated heterocycles. The Kier molecular flexibility index (Phi) is 4.05. The van der Waals surface area contributed by atoms with E-state index in [4.69, 9.17) is 4.74 Å². The first-order chi connectivity index (χ1) is 8.19. The summed E-state index contributed by atoms with van der Waals surface area (Å²) in [5.41, 5.74) is -0.453. The average Bonchev–Trinajstić information content (AvgIpc) is 2.66. The molecule has 4 heteroatoms. The summed E-state index contributed by atoms with van der Waals surface area (Å²) < 4.78 is 5.38. The van der Waals surface area contributed by atoms with Gasteiger partial charge >= 0.3 is 5.97 Å². The lowest BCUT2D eigenvalue weighted by atomic mass is 9.70. The zero-order chi connectivity index (χ0) is 12.3. The summed E-state index contributed by atoms with van der Waals surface area (Å²) in [6, 6.07) is 0.111. The van der Waals surface area contributed by atoms with Crippen LogP contribution < -0.4 is 5.32 Å². The molecule has 0 aromatic carbocycles. The Morgan fingerprint density at radius 3 is 3.12 bits per heavy atom. The van der Waals surface area contributed by atoms with Gasteiger partial charge in [0.15, 0.2) is 0 Å². The van der Waals surface area contributed by atoms with Crippen LogP contribution in [0, 0.1) is 5.41 Å². The number of fused-ring (bicyclic) bond motifs is 1. The van der Waals surface area contributed by atoms with E-state index in [2.05, 4.69) is 12.2 Å². The largest absolute Gasteiger partial charge is 0.465 e. The van der Waals surface area contributed by atoms with Crippen LogP contribution in [0.15, 0.2) is 0 Å². The summed E-state index contributed by atoms with van der Waals surface area (Å²) in [6.07, 6.45) is 5.95. The molecule has 0 aromatic rings. The molecule has 0 radical (unpaired) electrons. The molecular weight excluding hydrogens is 218 g/mol. The summed E-state index contributed by atoms with van der Waals surface area (Å²) in [5, 5.41) is 12.8. The summed E-state index contributed by atoms with van der Waals surface area (Å²) in [6.45, 7) is 2.59. The van der Waals surface area contributed by atoms with Crippen LogP contribution >= 0.6 is 0 Å². The first-order valence-electron chi connectivity index (χ1n) is 6.80. The van der Waals surface area contributed by atoms with Gasteiger partial charge in [0, 0.05) is 12.5 Å². The van der Waals surface area contributed by atoms with Crippen molar-refractivity contribution in [3.05, 3.63) is 0 Å². The van der Waals surface area contributed by atoms with Crippen LogP contribution in [0.25, 0.3) is 0 Å². The van der Waals surface area contributed by atoms with Crippen molar-refractivity contribution in [3.8, 4) is 0 Å². The van der Waals surface area contributed by atoms with Gasteiger partial charge in [-0.3, -0.25) is 10.1 Å². The molecule has 4 nitrogen and oxygen atoms in total. The van der Waals surface area contributed by atoms with Crippen LogP contribution in [0.2, 0.25) is 0 Å². The topological polar surface area (TPSA) is 58.6 Å². The Morgan fingerprint density at radius 1 is 1.53 bits per heavy atom. The molecule has 0 aromatic heterocycles. The van der Waals surface area contributed by atoms with E-state index in [1.165, 1.54) is 0 Å². The maximum Gasteiger partial charge on any atom is 0.313 e. The third kappa shape index (κ3) is 2.47. The number of carbonyl (C=O) groups excluding carboxylic acids is 1. The molecular formula is C13H23NO3. The van der Waals surface area contributed by atoms with Gasteiger partial charge in [0.25, 0.3) is 0 Å². The molecule has 3 atom stereocenters. The molecule has 2 fully saturated rings. The lowest BCUT2D eigenvalue weighted by Gasteiger charge is -2.36. The Hall–Kier alpha value is -0.610. The molecule has 1 heterocycles. The highest BCUT2D eigenvalue weighted by Gasteiger charge is 2.54. The van der Waals surface area contributed by atoms with Gasteiger partial charge in [-0.25, -0.2) is 0 Å². The number of rotatable bonds is 4. The highest BCUT2D eigenvalue weighted by atomic mass is 16.5. The fraction of sp³-hybridized carbons (Fsp3) is 0.923. The number of unbranched alkanes of at least 4 members (excludes halogenated alkanes) is 1. The van der Waals surface area contributed by atoms with E-state index in [-0.39, 0.29) is 12.0 Å². The predicted octanol–water partition coefficient (Wildman–Crippen LogP) is 1.57. The number of nitrogens with one attached hydrogen (secondary N) is 1. The third-order valence-electron chi connectivity index (χ3n) is 4.12. The second kappa shape index (κ2) is 5.36. The lowest BCUT2D eigenvalue weighted by molar-refractivity contribution is -0.158. The normalized spacial score (nSPS) is 36.6. The highest BCUT2D eigenvalue weighted by molar-refractivity contribution is 5.78. The van der Waals surface area contributed by atoms with Crippen molar-refractivity contribution < 1.29 is 14.6 Å². The quantitative estimate of drug-likeness (QED) is 0.579. The SMILES string of the molecule is CCCCOC(=O)C12CCCCC1NC(O)C2. The minimum atomic E-state index is -0.545. The average molecular weight is 241 g/mol. The molecule has 1 saturated carbocycles. The number of carbonyl (C=O) groups is 1. The zero-order valence-corrected chi connectivity index (χ0v) is 10.6. The van der Waals surface area contributed by atoms with Crippen LogP contribution in [0.4, 0.5) is 0 Å². The molecule has 0 bridgehead atoms. The monoisotopic (exact) mass is 241 g/mol. The van der Waals surface area contributed by atoms with E-state index in [0.717, 1.165) is 38.5 Å². The maximum atomic E-state index is 12.2. The van der Waals surface area contributed by atoms with Gasteiger partial charge in [-0.2, -0.15) is 0 Å². The minimum absolute atomic E-state index is 0.0975. The van der Waals surface area contributed by atoms with Gasteiger partial charge in [0.05, 0.1) is 12.0 Å². The maximum absolute atomic E-state index is 12.2. The number of aliphatic hydroxyl groups excluding tert-OH is 1.